The summed E-state index contributed by atoms with van der Waals surface area (Å²) in [6.45, 7) is 1.27. The van der Waals surface area contributed by atoms with E-state index in [0.717, 1.165) is 11.3 Å². The molecule has 8 nitrogen and oxygen atoms in total. The van der Waals surface area contributed by atoms with E-state index >= 15 is 0 Å². The van der Waals surface area contributed by atoms with Crippen LogP contribution in [0.4, 0.5) is 0 Å². The van der Waals surface area contributed by atoms with E-state index in [1.165, 1.54) is 0 Å². The van der Waals surface area contributed by atoms with Gasteiger partial charge in [-0.2, -0.15) is 4.98 Å². The summed E-state index contributed by atoms with van der Waals surface area (Å²) in [7, 11) is 0. The standard InChI is InChI=1S/C18H14BrN3O5/c19-15-4-3-13(26-15)18-20-17(21-27-18)11-6-16(23)22(8-11)7-10-1-2-12-14(5-10)25-9-24-12/h1-5,11H,6-9H2. The van der Waals surface area contributed by atoms with Crippen molar-refractivity contribution in [2.75, 3.05) is 13.3 Å². The Bertz CT molecular complexity index is 1010. The first kappa shape index (κ1) is 16.4. The molecule has 1 saturated heterocycles. The molecule has 4 heterocycles. The molecule has 138 valence electrons. The second-order valence-corrected chi connectivity index (χ2v) is 7.21. The second-order valence-electron chi connectivity index (χ2n) is 6.42. The number of hydrogen-bond donors (Lipinski definition) is 0. The summed E-state index contributed by atoms with van der Waals surface area (Å²) in [6, 6.07) is 9.21. The Balaban J connectivity index is 1.30. The maximum Gasteiger partial charge on any atom is 0.293 e. The van der Waals surface area contributed by atoms with Gasteiger partial charge in [0.2, 0.25) is 12.7 Å². The lowest BCUT2D eigenvalue weighted by atomic mass is 10.1. The number of carbonyl (C=O) groups is 1. The van der Waals surface area contributed by atoms with Crippen molar-refractivity contribution < 1.29 is 23.2 Å². The van der Waals surface area contributed by atoms with Crippen molar-refractivity contribution in [1.82, 2.24) is 15.0 Å². The highest BCUT2D eigenvalue weighted by Gasteiger charge is 2.34. The lowest BCUT2D eigenvalue weighted by molar-refractivity contribution is -0.128. The molecular weight excluding hydrogens is 418 g/mol. The van der Waals surface area contributed by atoms with Crippen molar-refractivity contribution in [2.24, 2.45) is 0 Å². The Labute approximate surface area is 162 Å². The van der Waals surface area contributed by atoms with Gasteiger partial charge in [-0.25, -0.2) is 0 Å². The van der Waals surface area contributed by atoms with Crippen LogP contribution in [0.3, 0.4) is 0 Å². The number of benzene rings is 1. The Morgan fingerprint density at radius 3 is 2.93 bits per heavy atom. The lowest BCUT2D eigenvalue weighted by Gasteiger charge is -2.16. The van der Waals surface area contributed by atoms with Crippen LogP contribution < -0.4 is 9.47 Å². The molecule has 0 aliphatic carbocycles. The van der Waals surface area contributed by atoms with Gasteiger partial charge in [0, 0.05) is 25.4 Å². The zero-order valence-electron chi connectivity index (χ0n) is 14.1. The van der Waals surface area contributed by atoms with E-state index in [2.05, 4.69) is 26.1 Å². The van der Waals surface area contributed by atoms with Crippen LogP contribution >= 0.6 is 15.9 Å². The predicted molar refractivity (Wildman–Crippen MR) is 95.0 cm³/mol. The molecule has 1 unspecified atom stereocenters. The summed E-state index contributed by atoms with van der Waals surface area (Å²) in [5, 5.41) is 4.03. The van der Waals surface area contributed by atoms with Crippen LogP contribution in [0.5, 0.6) is 11.5 Å². The summed E-state index contributed by atoms with van der Waals surface area (Å²) < 4.78 is 22.0. The summed E-state index contributed by atoms with van der Waals surface area (Å²) in [4.78, 5) is 18.6. The molecule has 1 fully saturated rings. The van der Waals surface area contributed by atoms with Gasteiger partial charge < -0.3 is 23.3 Å². The van der Waals surface area contributed by atoms with Crippen molar-refractivity contribution in [3.8, 4) is 23.1 Å². The molecule has 27 heavy (non-hydrogen) atoms. The first-order valence-corrected chi connectivity index (χ1v) is 9.20. The van der Waals surface area contributed by atoms with E-state index in [1.807, 2.05) is 18.2 Å². The molecule has 2 aliphatic rings. The number of halogens is 1. The molecule has 2 aliphatic heterocycles. The maximum atomic E-state index is 12.4. The molecular formula is C18H14BrN3O5. The van der Waals surface area contributed by atoms with Crippen molar-refractivity contribution in [3.05, 3.63) is 46.4 Å². The largest absolute Gasteiger partial charge is 0.454 e. The highest BCUT2D eigenvalue weighted by Crippen LogP contribution is 2.34. The summed E-state index contributed by atoms with van der Waals surface area (Å²) in [5.41, 5.74) is 0.988. The quantitative estimate of drug-likeness (QED) is 0.625. The van der Waals surface area contributed by atoms with Gasteiger partial charge in [-0.15, -0.1) is 0 Å². The number of rotatable bonds is 4. The highest BCUT2D eigenvalue weighted by molar-refractivity contribution is 9.10. The minimum atomic E-state index is -0.109. The van der Waals surface area contributed by atoms with Crippen molar-refractivity contribution >= 4 is 21.8 Å². The maximum absolute atomic E-state index is 12.4. The minimum absolute atomic E-state index is 0.0600. The number of furan rings is 1. The van der Waals surface area contributed by atoms with Gasteiger partial charge in [-0.1, -0.05) is 11.2 Å². The second kappa shape index (κ2) is 6.41. The Hall–Kier alpha value is -2.81. The van der Waals surface area contributed by atoms with Gasteiger partial charge >= 0.3 is 0 Å². The molecule has 0 spiro atoms. The fraction of sp³-hybridized carbons (Fsp3) is 0.278. The molecule has 1 aromatic carbocycles. The van der Waals surface area contributed by atoms with Crippen molar-refractivity contribution in [1.29, 1.82) is 0 Å². The summed E-state index contributed by atoms with van der Waals surface area (Å²) in [5.74, 6) is 2.70. The number of ether oxygens (including phenoxy) is 2. The highest BCUT2D eigenvalue weighted by atomic mass is 79.9. The average Bonchev–Trinajstić information content (AvgIpc) is 3.42. The molecule has 2 aromatic heterocycles. The minimum Gasteiger partial charge on any atom is -0.454 e. The van der Waals surface area contributed by atoms with Crippen LogP contribution in [0.1, 0.15) is 23.7 Å². The van der Waals surface area contributed by atoms with Gasteiger partial charge in [0.15, 0.2) is 27.8 Å². The topological polar surface area (TPSA) is 90.8 Å². The predicted octanol–water partition coefficient (Wildman–Crippen LogP) is 3.34. The van der Waals surface area contributed by atoms with E-state index < -0.39 is 0 Å². The Morgan fingerprint density at radius 2 is 2.07 bits per heavy atom. The van der Waals surface area contributed by atoms with E-state index in [1.54, 1.807) is 17.0 Å². The van der Waals surface area contributed by atoms with Gasteiger partial charge in [-0.05, 0) is 45.8 Å². The molecule has 0 N–H and O–H groups in total. The third-order valence-electron chi connectivity index (χ3n) is 4.62. The Kier molecular flexibility index (Phi) is 3.89. The molecule has 1 atom stereocenters. The first-order valence-electron chi connectivity index (χ1n) is 8.41. The summed E-state index contributed by atoms with van der Waals surface area (Å²) in [6.07, 6.45) is 0.353. The van der Waals surface area contributed by atoms with Crippen LogP contribution in [0.15, 0.2) is 43.9 Å². The molecule has 5 rings (SSSR count). The lowest BCUT2D eigenvalue weighted by Crippen LogP contribution is -2.24. The van der Waals surface area contributed by atoms with Crippen molar-refractivity contribution in [2.45, 2.75) is 18.9 Å². The molecule has 3 aromatic rings. The summed E-state index contributed by atoms with van der Waals surface area (Å²) >= 11 is 3.24. The van der Waals surface area contributed by atoms with Crippen LogP contribution in [0, 0.1) is 0 Å². The zero-order chi connectivity index (χ0) is 18.4. The van der Waals surface area contributed by atoms with E-state index in [4.69, 9.17) is 18.4 Å². The Morgan fingerprint density at radius 1 is 1.19 bits per heavy atom. The number of fused-ring (bicyclic) bond motifs is 1. The fourth-order valence-corrected chi connectivity index (χ4v) is 3.59. The van der Waals surface area contributed by atoms with E-state index in [-0.39, 0.29) is 18.6 Å². The molecule has 1 amide bonds. The average molecular weight is 432 g/mol. The van der Waals surface area contributed by atoms with Gasteiger partial charge in [0.05, 0.1) is 0 Å². The third-order valence-corrected chi connectivity index (χ3v) is 5.04. The number of nitrogens with zero attached hydrogens (tertiary/aromatic N) is 3. The van der Waals surface area contributed by atoms with Gasteiger partial charge in [0.1, 0.15) is 0 Å². The van der Waals surface area contributed by atoms with Crippen LogP contribution in [0.25, 0.3) is 11.7 Å². The number of likely N-dealkylation sites (tertiary alicyclic amines) is 1. The normalized spacial score (nSPS) is 18.5. The van der Waals surface area contributed by atoms with Crippen LogP contribution in [-0.4, -0.2) is 34.3 Å². The number of hydrogen-bond acceptors (Lipinski definition) is 7. The first-order chi connectivity index (χ1) is 13.2. The monoisotopic (exact) mass is 431 g/mol. The molecule has 0 radical (unpaired) electrons. The van der Waals surface area contributed by atoms with Gasteiger partial charge in [-0.3, -0.25) is 4.79 Å². The van der Waals surface area contributed by atoms with Crippen LogP contribution in [0.2, 0.25) is 0 Å². The zero-order valence-corrected chi connectivity index (χ0v) is 15.6. The molecule has 9 heteroatoms. The molecule has 0 bridgehead atoms. The fourth-order valence-electron chi connectivity index (χ4n) is 3.29. The van der Waals surface area contributed by atoms with Gasteiger partial charge in [0.25, 0.3) is 5.89 Å². The SMILES string of the molecule is O=C1CC(c2noc(-c3ccc(Br)o3)n2)CN1Cc1ccc2c(c1)OCO2. The number of amides is 1. The third kappa shape index (κ3) is 3.08. The van der Waals surface area contributed by atoms with E-state index in [0.29, 0.717) is 47.4 Å². The smallest absolute Gasteiger partial charge is 0.293 e. The van der Waals surface area contributed by atoms with Crippen LogP contribution in [-0.2, 0) is 11.3 Å². The number of carbonyl (C=O) groups excluding carboxylic acids is 1. The number of aromatic nitrogens is 2. The van der Waals surface area contributed by atoms with Crippen molar-refractivity contribution in [3.63, 3.8) is 0 Å². The molecule has 0 saturated carbocycles. The van der Waals surface area contributed by atoms with E-state index in [9.17, 15) is 4.79 Å².